The molecule has 2 aliphatic rings. The number of aryl methyl sites for hydroxylation is 1. The van der Waals surface area contributed by atoms with Crippen molar-refractivity contribution in [2.75, 3.05) is 5.32 Å². The molecule has 6 nitrogen and oxygen atoms in total. The molecule has 0 saturated heterocycles. The number of benzene rings is 3. The number of anilines is 1. The van der Waals surface area contributed by atoms with Gasteiger partial charge in [0.2, 0.25) is 11.0 Å². The van der Waals surface area contributed by atoms with E-state index in [1.165, 1.54) is 6.42 Å². The van der Waals surface area contributed by atoms with Crippen LogP contribution in [0, 0.1) is 17.3 Å². The predicted molar refractivity (Wildman–Crippen MR) is 186 cm³/mol. The highest BCUT2D eigenvalue weighted by molar-refractivity contribution is 7.96. The Bertz CT molecular complexity index is 1530. The van der Waals surface area contributed by atoms with Crippen molar-refractivity contribution in [2.45, 2.75) is 96.8 Å². The van der Waals surface area contributed by atoms with Crippen molar-refractivity contribution >= 4 is 35.3 Å². The first-order valence-corrected chi connectivity index (χ1v) is 17.1. The van der Waals surface area contributed by atoms with E-state index in [1.807, 2.05) is 54.6 Å². The van der Waals surface area contributed by atoms with Gasteiger partial charge in [-0.05, 0) is 72.8 Å². The lowest BCUT2D eigenvalue weighted by Crippen LogP contribution is -2.42. The lowest BCUT2D eigenvalue weighted by atomic mass is 9.69. The van der Waals surface area contributed by atoms with E-state index in [0.29, 0.717) is 25.2 Å². The monoisotopic (exact) mass is 641 g/mol. The molecule has 0 aromatic heterocycles. The van der Waals surface area contributed by atoms with E-state index >= 15 is 0 Å². The van der Waals surface area contributed by atoms with E-state index in [0.717, 1.165) is 65.1 Å². The zero-order valence-electron chi connectivity index (χ0n) is 27.5. The van der Waals surface area contributed by atoms with Crippen LogP contribution >= 0.6 is 12.6 Å². The number of nitrogens with one attached hydrogen (secondary N) is 1. The first-order valence-electron chi connectivity index (χ1n) is 16.6. The van der Waals surface area contributed by atoms with Gasteiger partial charge >= 0.3 is 5.97 Å². The summed E-state index contributed by atoms with van der Waals surface area (Å²) in [6.07, 6.45) is 7.76. The Hall–Kier alpha value is -3.58. The minimum Gasteiger partial charge on any atom is -0.480 e. The van der Waals surface area contributed by atoms with Crippen LogP contribution in [0.15, 0.2) is 66.7 Å². The molecule has 2 unspecified atom stereocenters. The summed E-state index contributed by atoms with van der Waals surface area (Å²) in [5.74, 6) is 0.277. The number of rotatable bonds is 11. The summed E-state index contributed by atoms with van der Waals surface area (Å²) in [5.41, 5.74) is 2.99. The maximum absolute atomic E-state index is 13.8. The molecule has 2 N–H and O–H groups in total. The van der Waals surface area contributed by atoms with Gasteiger partial charge in [0.1, 0.15) is 16.9 Å². The van der Waals surface area contributed by atoms with Gasteiger partial charge < -0.3 is 15.2 Å². The summed E-state index contributed by atoms with van der Waals surface area (Å²) < 4.78 is 6.14. The molecule has 7 heteroatoms. The second-order valence-electron chi connectivity index (χ2n) is 14.4. The third kappa shape index (κ3) is 7.35. The molecule has 2 atom stereocenters. The summed E-state index contributed by atoms with van der Waals surface area (Å²) in [6.45, 7) is 7.91. The van der Waals surface area contributed by atoms with Gasteiger partial charge in [-0.15, -0.1) is 12.6 Å². The topological polar surface area (TPSA) is 92.7 Å². The predicted octanol–water partition coefficient (Wildman–Crippen LogP) is 9.32. The molecule has 3 aromatic rings. The highest BCUT2D eigenvalue weighted by Gasteiger charge is 2.47. The number of thiol groups is 1. The van der Waals surface area contributed by atoms with Crippen LogP contribution in [0.25, 0.3) is 0 Å². The van der Waals surface area contributed by atoms with Gasteiger partial charge in [0.15, 0.2) is 0 Å². The van der Waals surface area contributed by atoms with Crippen LogP contribution in [-0.2, 0) is 26.2 Å². The van der Waals surface area contributed by atoms with Crippen molar-refractivity contribution in [1.29, 1.82) is 0 Å². The Balaban J connectivity index is 1.38. The number of ether oxygens (including phenoxy) is 1. The second-order valence-corrected chi connectivity index (χ2v) is 14.8. The molecule has 1 aliphatic heterocycles. The molecule has 46 heavy (non-hydrogen) atoms. The SMILES string of the molecule is CC(C)(C)c1ccc(CCC(CC2CCCCC2)C(C)(C(=O)O)C(=O)S)cc1NC(=O)CC1c2ccccc2Oc2ccccc21. The van der Waals surface area contributed by atoms with E-state index in [-0.39, 0.29) is 29.6 Å². The Morgan fingerprint density at radius 1 is 0.913 bits per heavy atom. The Morgan fingerprint density at radius 2 is 1.52 bits per heavy atom. The van der Waals surface area contributed by atoms with Crippen LogP contribution in [0.4, 0.5) is 5.69 Å². The summed E-state index contributed by atoms with van der Waals surface area (Å²) in [5, 5.41) is 12.9. The third-order valence-corrected chi connectivity index (χ3v) is 10.7. The lowest BCUT2D eigenvalue weighted by molar-refractivity contribution is -0.155. The van der Waals surface area contributed by atoms with E-state index in [1.54, 1.807) is 6.92 Å². The molecule has 3 aromatic carbocycles. The zero-order chi connectivity index (χ0) is 33.1. The number of amides is 1. The van der Waals surface area contributed by atoms with E-state index in [2.05, 4.69) is 50.8 Å². The molecule has 1 fully saturated rings. The maximum atomic E-state index is 13.8. The van der Waals surface area contributed by atoms with Crippen molar-refractivity contribution in [2.24, 2.45) is 17.3 Å². The van der Waals surface area contributed by atoms with Gasteiger partial charge in [-0.1, -0.05) is 101 Å². The molecule has 0 radical (unpaired) electrons. The van der Waals surface area contributed by atoms with Crippen molar-refractivity contribution in [3.63, 3.8) is 0 Å². The number of carboxylic acid groups (broad SMARTS) is 1. The van der Waals surface area contributed by atoms with Gasteiger partial charge in [0.25, 0.3) is 0 Å². The minimum atomic E-state index is -1.56. The zero-order valence-corrected chi connectivity index (χ0v) is 28.4. The average molecular weight is 642 g/mol. The highest BCUT2D eigenvalue weighted by Crippen LogP contribution is 2.46. The van der Waals surface area contributed by atoms with E-state index < -0.39 is 16.5 Å². The summed E-state index contributed by atoms with van der Waals surface area (Å²) >= 11 is 4.07. The molecule has 1 aliphatic carbocycles. The van der Waals surface area contributed by atoms with Crippen LogP contribution < -0.4 is 10.1 Å². The van der Waals surface area contributed by atoms with Crippen LogP contribution in [0.3, 0.4) is 0 Å². The number of carbonyl (C=O) groups is 3. The normalized spacial score (nSPS) is 17.2. The molecule has 5 rings (SSSR count). The highest BCUT2D eigenvalue weighted by atomic mass is 32.1. The minimum absolute atomic E-state index is 0.0894. The fraction of sp³-hybridized carbons (Fsp3) is 0.462. The van der Waals surface area contributed by atoms with Crippen LogP contribution in [-0.4, -0.2) is 22.1 Å². The number of hydrogen-bond acceptors (Lipinski definition) is 4. The fourth-order valence-corrected chi connectivity index (χ4v) is 7.65. The van der Waals surface area contributed by atoms with Crippen molar-refractivity contribution in [1.82, 2.24) is 0 Å². The number of fused-ring (bicyclic) bond motifs is 2. The average Bonchev–Trinajstić information content (AvgIpc) is 3.02. The van der Waals surface area contributed by atoms with Gasteiger partial charge in [-0.3, -0.25) is 14.4 Å². The molecule has 1 heterocycles. The fourth-order valence-electron chi connectivity index (χ4n) is 7.37. The lowest BCUT2D eigenvalue weighted by Gasteiger charge is -2.35. The van der Waals surface area contributed by atoms with Crippen molar-refractivity contribution in [3.05, 3.63) is 89.0 Å². The van der Waals surface area contributed by atoms with Gasteiger partial charge in [0.05, 0.1) is 0 Å². The Kier molecular flexibility index (Phi) is 10.3. The smallest absolute Gasteiger partial charge is 0.318 e. The van der Waals surface area contributed by atoms with Gasteiger partial charge in [0, 0.05) is 29.2 Å². The summed E-state index contributed by atoms with van der Waals surface area (Å²) in [7, 11) is 0. The van der Waals surface area contributed by atoms with Crippen LogP contribution in [0.5, 0.6) is 11.5 Å². The summed E-state index contributed by atoms with van der Waals surface area (Å²) in [6, 6.07) is 21.9. The largest absolute Gasteiger partial charge is 0.480 e. The summed E-state index contributed by atoms with van der Waals surface area (Å²) in [4.78, 5) is 39.0. The number of para-hydroxylation sites is 2. The Labute approximate surface area is 278 Å². The number of carboxylic acids is 1. The maximum Gasteiger partial charge on any atom is 0.318 e. The number of aliphatic carboxylic acids is 1. The third-order valence-electron chi connectivity index (χ3n) is 10.2. The molecule has 0 bridgehead atoms. The first kappa shape index (κ1) is 33.8. The van der Waals surface area contributed by atoms with Crippen LogP contribution in [0.1, 0.15) is 107 Å². The molecule has 0 spiro atoms. The molecule has 244 valence electrons. The first-order chi connectivity index (χ1) is 21.9. The standard InChI is InChI=1S/C39H47NO5S/c1-38(2,3)31-21-19-26(18-20-27(22-25-12-6-5-7-13-25)39(4,36(42)43)37(44)46)23-32(31)40-35(41)24-30-28-14-8-10-16-33(28)45-34-17-11-9-15-29(30)34/h8-11,14-17,19,21,23,25,27,30H,5-7,12-13,18,20,22,24H2,1-4H3,(H,40,41)(H,42,43)(H,44,46). The van der Waals surface area contributed by atoms with E-state index in [9.17, 15) is 19.5 Å². The van der Waals surface area contributed by atoms with Crippen LogP contribution in [0.2, 0.25) is 0 Å². The van der Waals surface area contributed by atoms with Crippen molar-refractivity contribution in [3.8, 4) is 11.5 Å². The Morgan fingerprint density at radius 3 is 2.09 bits per heavy atom. The number of hydrogen-bond donors (Lipinski definition) is 3. The molecule has 1 amide bonds. The van der Waals surface area contributed by atoms with Crippen molar-refractivity contribution < 1.29 is 24.2 Å². The quantitative estimate of drug-likeness (QED) is 0.143. The molecular weight excluding hydrogens is 594 g/mol. The van der Waals surface area contributed by atoms with E-state index in [4.69, 9.17) is 4.74 Å². The second kappa shape index (κ2) is 14.0. The number of carbonyl (C=O) groups excluding carboxylic acids is 2. The van der Waals surface area contributed by atoms with Gasteiger partial charge in [-0.25, -0.2) is 0 Å². The van der Waals surface area contributed by atoms with Gasteiger partial charge in [-0.2, -0.15) is 0 Å². The molecular formula is C39H47NO5S. The molecule has 1 saturated carbocycles.